The van der Waals surface area contributed by atoms with Gasteiger partial charge in [-0.25, -0.2) is 0 Å². The van der Waals surface area contributed by atoms with Gasteiger partial charge >= 0.3 is 0 Å². The van der Waals surface area contributed by atoms with E-state index >= 15 is 0 Å². The zero-order valence-electron chi connectivity index (χ0n) is 12.9. The quantitative estimate of drug-likeness (QED) is 0.831. The summed E-state index contributed by atoms with van der Waals surface area (Å²) in [6.45, 7) is 5.56. The molecule has 0 atom stereocenters. The van der Waals surface area contributed by atoms with E-state index in [4.69, 9.17) is 0 Å². The highest BCUT2D eigenvalue weighted by atomic mass is 32.2. The predicted molar refractivity (Wildman–Crippen MR) is 101 cm³/mol. The first-order chi connectivity index (χ1) is 10.4. The maximum atomic E-state index is 4.61. The highest BCUT2D eigenvalue weighted by Crippen LogP contribution is 2.14. The van der Waals surface area contributed by atoms with Crippen molar-refractivity contribution in [3.8, 4) is 0 Å². The number of aryl methyl sites for hydroxylation is 1. The van der Waals surface area contributed by atoms with E-state index in [9.17, 15) is 0 Å². The second kappa shape index (κ2) is 10.8. The van der Waals surface area contributed by atoms with Crippen LogP contribution in [-0.2, 0) is 13.0 Å². The summed E-state index contributed by atoms with van der Waals surface area (Å²) < 4.78 is 0. The summed E-state index contributed by atoms with van der Waals surface area (Å²) >= 11 is 6.31. The summed E-state index contributed by atoms with van der Waals surface area (Å²) in [6.07, 6.45) is 3.11. The number of nitrogens with zero attached hydrogens (tertiary/aromatic N) is 2. The van der Waals surface area contributed by atoms with Crippen LogP contribution >= 0.6 is 35.3 Å². The van der Waals surface area contributed by atoms with E-state index < -0.39 is 0 Å². The number of hydrogen-bond donors (Lipinski definition) is 0. The van der Waals surface area contributed by atoms with Gasteiger partial charge in [-0.15, -0.1) is 0 Å². The van der Waals surface area contributed by atoms with Crippen LogP contribution in [-0.4, -0.2) is 57.5 Å². The van der Waals surface area contributed by atoms with Gasteiger partial charge in [0.2, 0.25) is 0 Å². The molecule has 0 aromatic carbocycles. The molecule has 21 heavy (non-hydrogen) atoms. The van der Waals surface area contributed by atoms with Crippen molar-refractivity contribution in [2.75, 3.05) is 47.6 Å². The SMILES string of the molecule is CCc1ccc(CN2CCSCCSCCSCC2)nc1. The lowest BCUT2D eigenvalue weighted by atomic mass is 10.2. The summed E-state index contributed by atoms with van der Waals surface area (Å²) in [7, 11) is 0. The Labute approximate surface area is 142 Å². The monoisotopic (exact) mass is 342 g/mol. The van der Waals surface area contributed by atoms with Crippen molar-refractivity contribution in [2.24, 2.45) is 0 Å². The lowest BCUT2D eigenvalue weighted by Gasteiger charge is -2.22. The number of aromatic nitrogens is 1. The molecule has 1 aliphatic rings. The standard InChI is InChI=1S/C16H26N2S3/c1-2-15-3-4-16(17-13-15)14-18-5-7-19-9-11-21-12-10-20-8-6-18/h3-4,13H,2,5-12,14H2,1H3. The van der Waals surface area contributed by atoms with Crippen molar-refractivity contribution in [2.45, 2.75) is 19.9 Å². The van der Waals surface area contributed by atoms with Crippen molar-refractivity contribution in [3.05, 3.63) is 29.6 Å². The summed E-state index contributed by atoms with van der Waals surface area (Å²) in [5, 5.41) is 0. The molecule has 0 aliphatic carbocycles. The molecule has 0 radical (unpaired) electrons. The van der Waals surface area contributed by atoms with Crippen LogP contribution in [0.3, 0.4) is 0 Å². The third kappa shape index (κ3) is 7.31. The van der Waals surface area contributed by atoms with Gasteiger partial charge in [0.15, 0.2) is 0 Å². The zero-order valence-corrected chi connectivity index (χ0v) is 15.4. The van der Waals surface area contributed by atoms with Gasteiger partial charge in [-0.2, -0.15) is 35.3 Å². The third-order valence-electron chi connectivity index (χ3n) is 3.53. The van der Waals surface area contributed by atoms with Crippen LogP contribution in [0.5, 0.6) is 0 Å². The summed E-state index contributed by atoms with van der Waals surface area (Å²) in [5.74, 6) is 7.71. The van der Waals surface area contributed by atoms with Crippen LogP contribution in [0.15, 0.2) is 18.3 Å². The number of thioether (sulfide) groups is 3. The Morgan fingerprint density at radius 2 is 1.57 bits per heavy atom. The molecule has 5 heteroatoms. The lowest BCUT2D eigenvalue weighted by molar-refractivity contribution is 0.297. The Morgan fingerprint density at radius 3 is 2.10 bits per heavy atom. The molecule has 2 rings (SSSR count). The van der Waals surface area contributed by atoms with E-state index in [0.717, 1.165) is 13.0 Å². The molecule has 1 aromatic heterocycles. The Balaban J connectivity index is 1.84. The molecule has 0 amide bonds. The molecule has 0 bridgehead atoms. The fourth-order valence-electron chi connectivity index (χ4n) is 2.19. The minimum absolute atomic E-state index is 1.000. The van der Waals surface area contributed by atoms with Crippen molar-refractivity contribution in [3.63, 3.8) is 0 Å². The van der Waals surface area contributed by atoms with Gasteiger partial charge < -0.3 is 0 Å². The van der Waals surface area contributed by atoms with Gasteiger partial charge in [0.25, 0.3) is 0 Å². The van der Waals surface area contributed by atoms with Crippen LogP contribution in [0.25, 0.3) is 0 Å². The second-order valence-electron chi connectivity index (χ2n) is 5.12. The molecule has 1 aromatic rings. The van der Waals surface area contributed by atoms with Crippen molar-refractivity contribution in [1.82, 2.24) is 9.88 Å². The number of hydrogen-bond acceptors (Lipinski definition) is 5. The molecule has 1 aliphatic heterocycles. The Kier molecular flexibility index (Phi) is 9.02. The summed E-state index contributed by atoms with van der Waals surface area (Å²) in [4.78, 5) is 7.19. The Hall–Kier alpha value is 0.160. The van der Waals surface area contributed by atoms with Crippen molar-refractivity contribution in [1.29, 1.82) is 0 Å². The maximum absolute atomic E-state index is 4.61. The fourth-order valence-corrected chi connectivity index (χ4v) is 5.46. The molecular weight excluding hydrogens is 316 g/mol. The normalized spacial score (nSPS) is 19.7. The predicted octanol–water partition coefficient (Wildman–Crippen LogP) is 3.66. The number of rotatable bonds is 3. The van der Waals surface area contributed by atoms with Crippen LogP contribution in [0.2, 0.25) is 0 Å². The van der Waals surface area contributed by atoms with Crippen LogP contribution in [0, 0.1) is 0 Å². The average Bonchev–Trinajstić information content (AvgIpc) is 2.51. The van der Waals surface area contributed by atoms with E-state index in [1.807, 2.05) is 6.20 Å². The molecule has 2 nitrogen and oxygen atoms in total. The minimum Gasteiger partial charge on any atom is -0.296 e. The molecule has 0 saturated carbocycles. The van der Waals surface area contributed by atoms with Crippen LogP contribution in [0.1, 0.15) is 18.2 Å². The van der Waals surface area contributed by atoms with E-state index in [-0.39, 0.29) is 0 Å². The van der Waals surface area contributed by atoms with E-state index in [1.54, 1.807) is 0 Å². The second-order valence-corrected chi connectivity index (χ2v) is 8.80. The molecule has 0 spiro atoms. The highest BCUT2D eigenvalue weighted by molar-refractivity contribution is 8.04. The van der Waals surface area contributed by atoms with E-state index in [1.165, 1.54) is 58.9 Å². The molecule has 118 valence electrons. The highest BCUT2D eigenvalue weighted by Gasteiger charge is 2.08. The van der Waals surface area contributed by atoms with E-state index in [0.29, 0.717) is 0 Å². The Bertz CT molecular complexity index is 372. The van der Waals surface area contributed by atoms with Crippen molar-refractivity contribution >= 4 is 35.3 Å². The van der Waals surface area contributed by atoms with Gasteiger partial charge in [-0.3, -0.25) is 9.88 Å². The van der Waals surface area contributed by atoms with Gasteiger partial charge in [0.05, 0.1) is 5.69 Å². The molecule has 0 N–H and O–H groups in total. The Morgan fingerprint density at radius 1 is 0.952 bits per heavy atom. The van der Waals surface area contributed by atoms with Gasteiger partial charge in [-0.1, -0.05) is 13.0 Å². The van der Waals surface area contributed by atoms with Crippen molar-refractivity contribution < 1.29 is 0 Å². The van der Waals surface area contributed by atoms with Crippen LogP contribution in [0.4, 0.5) is 0 Å². The topological polar surface area (TPSA) is 16.1 Å². The maximum Gasteiger partial charge on any atom is 0.0544 e. The summed E-state index contributed by atoms with van der Waals surface area (Å²) in [5.41, 5.74) is 2.54. The molecule has 2 heterocycles. The molecule has 0 unspecified atom stereocenters. The number of pyridine rings is 1. The lowest BCUT2D eigenvalue weighted by Crippen LogP contribution is -2.29. The third-order valence-corrected chi connectivity index (χ3v) is 6.96. The minimum atomic E-state index is 1.000. The van der Waals surface area contributed by atoms with E-state index in [2.05, 4.69) is 64.2 Å². The first-order valence-electron chi connectivity index (χ1n) is 7.78. The largest absolute Gasteiger partial charge is 0.296 e. The average molecular weight is 343 g/mol. The first-order valence-corrected chi connectivity index (χ1v) is 11.2. The fraction of sp³-hybridized carbons (Fsp3) is 0.688. The molecule has 1 fully saturated rings. The van der Waals surface area contributed by atoms with Gasteiger partial charge in [-0.05, 0) is 18.1 Å². The summed E-state index contributed by atoms with van der Waals surface area (Å²) in [6, 6.07) is 4.42. The van der Waals surface area contributed by atoms with Gasteiger partial charge in [0.1, 0.15) is 0 Å². The molecule has 1 saturated heterocycles. The smallest absolute Gasteiger partial charge is 0.0544 e. The molecular formula is C16H26N2S3. The van der Waals surface area contributed by atoms with Crippen LogP contribution < -0.4 is 0 Å². The zero-order chi connectivity index (χ0) is 14.8. The first kappa shape index (κ1) is 17.5. The van der Waals surface area contributed by atoms with Gasteiger partial charge in [0, 0.05) is 60.3 Å².